The van der Waals surface area contributed by atoms with E-state index < -0.39 is 5.91 Å². The summed E-state index contributed by atoms with van der Waals surface area (Å²) in [7, 11) is 0. The molecule has 1 unspecified atom stereocenters. The molecule has 0 radical (unpaired) electrons. The first-order valence-corrected chi connectivity index (χ1v) is 15.2. The van der Waals surface area contributed by atoms with Crippen molar-refractivity contribution in [3.63, 3.8) is 0 Å². The Labute approximate surface area is 254 Å². The number of fused-ring (bicyclic) bond motifs is 2. The molecule has 0 bridgehead atoms. The van der Waals surface area contributed by atoms with Crippen molar-refractivity contribution in [2.75, 3.05) is 11.9 Å². The molecular formula is C32H36N8O4. The van der Waals surface area contributed by atoms with Crippen LogP contribution in [0.1, 0.15) is 75.5 Å². The van der Waals surface area contributed by atoms with E-state index in [9.17, 15) is 9.59 Å². The lowest BCUT2D eigenvalue weighted by Crippen LogP contribution is -2.29. The van der Waals surface area contributed by atoms with E-state index in [1.54, 1.807) is 16.4 Å². The molecule has 0 aliphatic carbocycles. The quantitative estimate of drug-likeness (QED) is 0.109. The maximum absolute atomic E-state index is 14.4. The number of carbonyl (C=O) groups excluding carboxylic acids is 1. The number of nitrogens with zero attached hydrogens (tertiary/aromatic N) is 6. The van der Waals surface area contributed by atoms with Crippen molar-refractivity contribution in [2.45, 2.75) is 70.6 Å². The summed E-state index contributed by atoms with van der Waals surface area (Å²) in [4.78, 5) is 44.6. The van der Waals surface area contributed by atoms with Gasteiger partial charge in [0.05, 0.1) is 29.0 Å². The van der Waals surface area contributed by atoms with E-state index in [-0.39, 0.29) is 24.2 Å². The van der Waals surface area contributed by atoms with Crippen LogP contribution in [-0.4, -0.2) is 46.8 Å². The van der Waals surface area contributed by atoms with E-state index in [0.717, 1.165) is 24.8 Å². The van der Waals surface area contributed by atoms with E-state index in [0.29, 0.717) is 71.7 Å². The van der Waals surface area contributed by atoms with Crippen molar-refractivity contribution in [1.82, 2.24) is 34.6 Å². The maximum atomic E-state index is 14.4. The van der Waals surface area contributed by atoms with Gasteiger partial charge in [-0.1, -0.05) is 37.3 Å². The Kier molecular flexibility index (Phi) is 8.89. The number of aryl methyl sites for hydroxylation is 1. The van der Waals surface area contributed by atoms with Gasteiger partial charge in [0.2, 0.25) is 5.91 Å². The van der Waals surface area contributed by atoms with E-state index in [1.165, 1.54) is 6.33 Å². The van der Waals surface area contributed by atoms with Gasteiger partial charge in [0, 0.05) is 13.0 Å². The van der Waals surface area contributed by atoms with E-state index in [1.807, 2.05) is 60.0 Å². The molecule has 12 nitrogen and oxygen atoms in total. The molecule has 1 saturated heterocycles. The number of aromatic nitrogens is 6. The van der Waals surface area contributed by atoms with Crippen LogP contribution in [0.15, 0.2) is 66.0 Å². The number of carbonyl (C=O) groups is 1. The number of ether oxygens (including phenoxy) is 1. The van der Waals surface area contributed by atoms with Crippen LogP contribution in [0.4, 0.5) is 5.82 Å². The fourth-order valence-electron chi connectivity index (χ4n) is 5.87. The topological polar surface area (TPSA) is 149 Å². The fraction of sp³-hybridized carbons (Fsp3) is 0.375. The molecule has 44 heavy (non-hydrogen) atoms. The van der Waals surface area contributed by atoms with Gasteiger partial charge < -0.3 is 10.1 Å². The summed E-state index contributed by atoms with van der Waals surface area (Å²) in [5, 5.41) is 12.9. The predicted octanol–water partition coefficient (Wildman–Crippen LogP) is 5.01. The van der Waals surface area contributed by atoms with Crippen molar-refractivity contribution < 1.29 is 14.7 Å². The van der Waals surface area contributed by atoms with Crippen LogP contribution in [-0.2, 0) is 16.0 Å². The molecule has 0 spiro atoms. The second-order valence-corrected chi connectivity index (χ2v) is 11.0. The summed E-state index contributed by atoms with van der Waals surface area (Å²) in [5.74, 6) is 0.703. The smallest absolute Gasteiger partial charge is 0.266 e. The van der Waals surface area contributed by atoms with E-state index >= 15 is 0 Å². The molecule has 1 aliphatic rings. The molecule has 2 atom stereocenters. The highest BCUT2D eigenvalue weighted by molar-refractivity contribution is 5.84. The number of para-hydroxylation sites is 1. The first kappa shape index (κ1) is 29.4. The number of anilines is 1. The number of imidazole rings is 1. The van der Waals surface area contributed by atoms with Gasteiger partial charge in [-0.15, -0.1) is 0 Å². The molecule has 2 aromatic carbocycles. The highest BCUT2D eigenvalue weighted by Gasteiger charge is 2.25. The predicted molar refractivity (Wildman–Crippen MR) is 166 cm³/mol. The molecule has 1 aliphatic heterocycles. The highest BCUT2D eigenvalue weighted by Crippen LogP contribution is 2.30. The Balaban J connectivity index is 1.40. The molecular weight excluding hydrogens is 560 g/mol. The average molecular weight is 597 g/mol. The zero-order valence-electron chi connectivity index (χ0n) is 24.6. The third-order valence-corrected chi connectivity index (χ3v) is 8.10. The van der Waals surface area contributed by atoms with Gasteiger partial charge in [0.1, 0.15) is 18.4 Å². The highest BCUT2D eigenvalue weighted by atomic mass is 16.5. The first-order valence-electron chi connectivity index (χ1n) is 15.2. The van der Waals surface area contributed by atoms with Crippen molar-refractivity contribution in [3.05, 3.63) is 82.9 Å². The molecule has 1 amide bonds. The summed E-state index contributed by atoms with van der Waals surface area (Å²) < 4.78 is 9.63. The van der Waals surface area contributed by atoms with Crippen LogP contribution < -0.4 is 16.4 Å². The number of unbranched alkanes of at least 4 members (excludes halogenated alkanes) is 1. The van der Waals surface area contributed by atoms with Gasteiger partial charge in [0.25, 0.3) is 5.56 Å². The van der Waals surface area contributed by atoms with Gasteiger partial charge in [-0.3, -0.25) is 23.9 Å². The fourth-order valence-corrected chi connectivity index (χ4v) is 5.87. The number of hydrogen-bond acceptors (Lipinski definition) is 9. The minimum Gasteiger partial charge on any atom is -0.358 e. The molecule has 1 fully saturated rings. The van der Waals surface area contributed by atoms with Gasteiger partial charge >= 0.3 is 0 Å². The van der Waals surface area contributed by atoms with E-state index in [2.05, 4.69) is 20.3 Å². The number of benzene rings is 2. The summed E-state index contributed by atoms with van der Waals surface area (Å²) in [6.45, 7) is 2.75. The SMILES string of the molecule is CC[C@H](Nc1ncnc2c1ncn2C1CCCCO1)c1nc2cccc(CCCCC(=O)NO)c2c(=O)n1-c1ccccc1. The number of hydrogen-bond donors (Lipinski definition) is 3. The molecule has 6 rings (SSSR count). The monoisotopic (exact) mass is 596 g/mol. The summed E-state index contributed by atoms with van der Waals surface area (Å²) in [6.07, 6.45) is 8.91. The number of nitrogens with one attached hydrogen (secondary N) is 2. The molecule has 3 aromatic heterocycles. The Hall–Kier alpha value is -4.68. The van der Waals surface area contributed by atoms with Crippen LogP contribution in [0.3, 0.4) is 0 Å². The third-order valence-electron chi connectivity index (χ3n) is 8.10. The lowest BCUT2D eigenvalue weighted by Gasteiger charge is -2.24. The van der Waals surface area contributed by atoms with Crippen LogP contribution in [0, 0.1) is 0 Å². The van der Waals surface area contributed by atoms with Crippen molar-refractivity contribution in [2.24, 2.45) is 0 Å². The lowest BCUT2D eigenvalue weighted by molar-refractivity contribution is -0.129. The summed E-state index contributed by atoms with van der Waals surface area (Å²) in [5.41, 5.74) is 5.02. The standard InChI is InChI=1S/C32H36N8O4/c1-2-23(36-29-28-31(34-19-33-29)39(20-35-28)26-17-8-9-18-44-26)30-37-24-15-10-12-21(11-6-7-16-25(41)38-43)27(24)32(42)40(30)22-13-4-3-5-14-22/h3-5,10,12-15,19-20,23,26,43H,2,6-9,11,16-18H2,1H3,(H,38,41)(H,33,34,36)/t23-,26?/m0/s1. The second-order valence-electron chi connectivity index (χ2n) is 11.0. The van der Waals surface area contributed by atoms with Crippen LogP contribution in [0.5, 0.6) is 0 Å². The number of hydroxylamine groups is 1. The van der Waals surface area contributed by atoms with Crippen molar-refractivity contribution >= 4 is 33.8 Å². The van der Waals surface area contributed by atoms with Crippen LogP contribution in [0.2, 0.25) is 0 Å². The van der Waals surface area contributed by atoms with Crippen molar-refractivity contribution in [1.29, 1.82) is 0 Å². The van der Waals surface area contributed by atoms with Crippen molar-refractivity contribution in [3.8, 4) is 5.69 Å². The third kappa shape index (κ3) is 5.90. The average Bonchev–Trinajstić information content (AvgIpc) is 3.51. The van der Waals surface area contributed by atoms with Crippen LogP contribution >= 0.6 is 0 Å². The summed E-state index contributed by atoms with van der Waals surface area (Å²) in [6, 6.07) is 14.8. The van der Waals surface area contributed by atoms with E-state index in [4.69, 9.17) is 14.9 Å². The lowest BCUT2D eigenvalue weighted by atomic mass is 10.0. The van der Waals surface area contributed by atoms with Gasteiger partial charge in [-0.2, -0.15) is 0 Å². The Morgan fingerprint density at radius 1 is 1.09 bits per heavy atom. The number of rotatable bonds is 11. The molecule has 12 heteroatoms. The zero-order chi connectivity index (χ0) is 30.5. The Morgan fingerprint density at radius 3 is 2.73 bits per heavy atom. The minimum atomic E-state index is -0.422. The van der Waals surface area contributed by atoms with Crippen LogP contribution in [0.25, 0.3) is 27.8 Å². The molecule has 3 N–H and O–H groups in total. The second kappa shape index (κ2) is 13.3. The molecule has 0 saturated carbocycles. The normalized spacial score (nSPS) is 15.8. The molecule has 228 valence electrons. The maximum Gasteiger partial charge on any atom is 0.266 e. The number of amides is 1. The molecule has 4 heterocycles. The van der Waals surface area contributed by atoms with Gasteiger partial charge in [-0.25, -0.2) is 25.4 Å². The largest absolute Gasteiger partial charge is 0.358 e. The Morgan fingerprint density at radius 2 is 1.95 bits per heavy atom. The zero-order valence-corrected chi connectivity index (χ0v) is 24.6. The van der Waals surface area contributed by atoms with Gasteiger partial charge in [-0.05, 0) is 68.7 Å². The molecule has 5 aromatic rings. The summed E-state index contributed by atoms with van der Waals surface area (Å²) >= 11 is 0. The Bertz CT molecular complexity index is 1810. The first-order chi connectivity index (χ1) is 21.6. The van der Waals surface area contributed by atoms with Gasteiger partial charge in [0.15, 0.2) is 17.0 Å². The minimum absolute atomic E-state index is 0.107.